The van der Waals surface area contributed by atoms with Crippen molar-refractivity contribution in [3.8, 4) is 0 Å². The molecule has 2 amide bonds. The Labute approximate surface area is 193 Å². The summed E-state index contributed by atoms with van der Waals surface area (Å²) in [6, 6.07) is 5.45. The van der Waals surface area contributed by atoms with Crippen LogP contribution in [-0.2, 0) is 20.7 Å². The lowest BCUT2D eigenvalue weighted by atomic mass is 10.1. The average Bonchev–Trinajstić information content (AvgIpc) is 3.02. The SMILES string of the molecule is CCOCCN(C)CCCN1CC(C(=O)NCCCc2ccc(Cl)c(Cl)c2)=C(O)C1=O. The van der Waals surface area contributed by atoms with E-state index < -0.39 is 17.6 Å². The minimum Gasteiger partial charge on any atom is -0.503 e. The smallest absolute Gasteiger partial charge is 0.289 e. The van der Waals surface area contributed by atoms with Crippen LogP contribution in [0.1, 0.15) is 25.3 Å². The molecule has 0 aromatic heterocycles. The number of nitrogens with zero attached hydrogens (tertiary/aromatic N) is 2. The van der Waals surface area contributed by atoms with Crippen LogP contribution in [0.4, 0.5) is 0 Å². The highest BCUT2D eigenvalue weighted by molar-refractivity contribution is 6.42. The number of aliphatic hydroxyl groups excluding tert-OH is 1. The molecule has 2 rings (SSSR count). The molecule has 1 aliphatic heterocycles. The van der Waals surface area contributed by atoms with Gasteiger partial charge in [-0.15, -0.1) is 0 Å². The summed E-state index contributed by atoms with van der Waals surface area (Å²) in [7, 11) is 2.00. The Morgan fingerprint density at radius 2 is 2.03 bits per heavy atom. The molecule has 1 heterocycles. The van der Waals surface area contributed by atoms with Gasteiger partial charge in [-0.05, 0) is 57.5 Å². The Bertz CT molecular complexity index is 801. The van der Waals surface area contributed by atoms with Gasteiger partial charge in [0.15, 0.2) is 5.76 Å². The van der Waals surface area contributed by atoms with Gasteiger partial charge in [-0.2, -0.15) is 0 Å². The van der Waals surface area contributed by atoms with Crippen LogP contribution in [0.2, 0.25) is 10.0 Å². The number of hydrogen-bond donors (Lipinski definition) is 2. The zero-order valence-corrected chi connectivity index (χ0v) is 19.6. The number of carbonyl (C=O) groups is 2. The lowest BCUT2D eigenvalue weighted by Gasteiger charge is -2.20. The van der Waals surface area contributed by atoms with Crippen LogP contribution in [0.5, 0.6) is 0 Å². The summed E-state index contributed by atoms with van der Waals surface area (Å²) >= 11 is 11.9. The third-order valence-corrected chi connectivity index (χ3v) is 5.84. The summed E-state index contributed by atoms with van der Waals surface area (Å²) in [5.74, 6) is -1.35. The van der Waals surface area contributed by atoms with Gasteiger partial charge in [0.25, 0.3) is 11.8 Å². The first-order chi connectivity index (χ1) is 14.8. The maximum absolute atomic E-state index is 12.4. The molecular weight excluding hydrogens is 441 g/mol. The van der Waals surface area contributed by atoms with E-state index in [1.165, 1.54) is 4.90 Å². The number of ether oxygens (including phenoxy) is 1. The molecular formula is C22H31Cl2N3O4. The van der Waals surface area contributed by atoms with Crippen LogP contribution >= 0.6 is 23.2 Å². The summed E-state index contributed by atoms with van der Waals surface area (Å²) in [4.78, 5) is 28.3. The summed E-state index contributed by atoms with van der Waals surface area (Å²) < 4.78 is 5.33. The minimum atomic E-state index is -0.488. The van der Waals surface area contributed by atoms with Crippen molar-refractivity contribution in [3.05, 3.63) is 45.1 Å². The summed E-state index contributed by atoms with van der Waals surface area (Å²) in [5.41, 5.74) is 1.16. The maximum atomic E-state index is 12.4. The average molecular weight is 472 g/mol. The number of aryl methyl sites for hydroxylation is 1. The molecule has 0 unspecified atom stereocenters. The first-order valence-electron chi connectivity index (χ1n) is 10.5. The second-order valence-corrected chi connectivity index (χ2v) is 8.33. The molecule has 9 heteroatoms. The van der Waals surface area contributed by atoms with Crippen molar-refractivity contribution in [2.75, 3.05) is 53.0 Å². The molecule has 31 heavy (non-hydrogen) atoms. The van der Waals surface area contributed by atoms with Crippen molar-refractivity contribution in [2.24, 2.45) is 0 Å². The number of aliphatic hydroxyl groups is 1. The fourth-order valence-corrected chi connectivity index (χ4v) is 3.60. The quantitative estimate of drug-likeness (QED) is 0.432. The van der Waals surface area contributed by atoms with Crippen LogP contribution in [0.25, 0.3) is 0 Å². The van der Waals surface area contributed by atoms with Crippen molar-refractivity contribution in [3.63, 3.8) is 0 Å². The molecule has 1 aromatic rings. The van der Waals surface area contributed by atoms with E-state index in [1.807, 2.05) is 26.1 Å². The van der Waals surface area contributed by atoms with E-state index in [-0.39, 0.29) is 12.1 Å². The van der Waals surface area contributed by atoms with Gasteiger partial charge in [0.2, 0.25) is 0 Å². The number of amides is 2. The molecule has 0 atom stereocenters. The second-order valence-electron chi connectivity index (χ2n) is 7.52. The lowest BCUT2D eigenvalue weighted by molar-refractivity contribution is -0.127. The molecule has 172 valence electrons. The Morgan fingerprint density at radius 1 is 1.26 bits per heavy atom. The number of carbonyl (C=O) groups excluding carboxylic acids is 2. The fourth-order valence-electron chi connectivity index (χ4n) is 3.28. The molecule has 0 aliphatic carbocycles. The van der Waals surface area contributed by atoms with Crippen LogP contribution in [0.15, 0.2) is 29.5 Å². The summed E-state index contributed by atoms with van der Waals surface area (Å²) in [5, 5.41) is 13.9. The van der Waals surface area contributed by atoms with Gasteiger partial charge in [-0.25, -0.2) is 0 Å². The predicted molar refractivity (Wildman–Crippen MR) is 123 cm³/mol. The molecule has 0 fully saturated rings. The Balaban J connectivity index is 1.71. The van der Waals surface area contributed by atoms with Gasteiger partial charge in [0, 0.05) is 26.2 Å². The number of rotatable bonds is 13. The number of halogens is 2. The van der Waals surface area contributed by atoms with Crippen molar-refractivity contribution in [1.29, 1.82) is 0 Å². The van der Waals surface area contributed by atoms with E-state index in [2.05, 4.69) is 10.2 Å². The highest BCUT2D eigenvalue weighted by Gasteiger charge is 2.33. The molecule has 1 aliphatic rings. The van der Waals surface area contributed by atoms with Gasteiger partial charge in [0.1, 0.15) is 0 Å². The molecule has 2 N–H and O–H groups in total. The first kappa shape index (κ1) is 25.5. The van der Waals surface area contributed by atoms with E-state index in [0.29, 0.717) is 42.8 Å². The van der Waals surface area contributed by atoms with Gasteiger partial charge in [-0.1, -0.05) is 29.3 Å². The van der Waals surface area contributed by atoms with E-state index in [4.69, 9.17) is 27.9 Å². The van der Waals surface area contributed by atoms with Crippen molar-refractivity contribution in [1.82, 2.24) is 15.1 Å². The topological polar surface area (TPSA) is 82.1 Å². The fraction of sp³-hybridized carbons (Fsp3) is 0.545. The molecule has 7 nitrogen and oxygen atoms in total. The van der Waals surface area contributed by atoms with E-state index in [1.54, 1.807) is 6.07 Å². The van der Waals surface area contributed by atoms with Crippen molar-refractivity contribution in [2.45, 2.75) is 26.2 Å². The Morgan fingerprint density at radius 3 is 2.74 bits per heavy atom. The second kappa shape index (κ2) is 12.9. The molecule has 0 spiro atoms. The lowest BCUT2D eigenvalue weighted by Crippen LogP contribution is -2.33. The van der Waals surface area contributed by atoms with Crippen molar-refractivity contribution < 1.29 is 19.4 Å². The van der Waals surface area contributed by atoms with Crippen LogP contribution in [0, 0.1) is 0 Å². The maximum Gasteiger partial charge on any atom is 0.289 e. The van der Waals surface area contributed by atoms with Crippen LogP contribution in [-0.4, -0.2) is 79.7 Å². The highest BCUT2D eigenvalue weighted by Crippen LogP contribution is 2.23. The van der Waals surface area contributed by atoms with E-state index >= 15 is 0 Å². The zero-order valence-electron chi connectivity index (χ0n) is 18.1. The van der Waals surface area contributed by atoms with Crippen LogP contribution < -0.4 is 5.32 Å². The minimum absolute atomic E-state index is 0.129. The van der Waals surface area contributed by atoms with Gasteiger partial charge in [0.05, 0.1) is 28.8 Å². The Hall–Kier alpha value is -1.80. The highest BCUT2D eigenvalue weighted by atomic mass is 35.5. The number of benzene rings is 1. The molecule has 0 radical (unpaired) electrons. The van der Waals surface area contributed by atoms with Gasteiger partial charge in [-0.3, -0.25) is 9.59 Å². The largest absolute Gasteiger partial charge is 0.503 e. The normalized spacial score (nSPS) is 14.1. The predicted octanol–water partition coefficient (Wildman–Crippen LogP) is 3.05. The summed E-state index contributed by atoms with van der Waals surface area (Å²) in [6.45, 7) is 5.99. The molecule has 0 saturated heterocycles. The summed E-state index contributed by atoms with van der Waals surface area (Å²) in [6.07, 6.45) is 2.17. The third-order valence-electron chi connectivity index (χ3n) is 5.10. The molecule has 0 saturated carbocycles. The van der Waals surface area contributed by atoms with Gasteiger partial charge >= 0.3 is 0 Å². The first-order valence-corrected chi connectivity index (χ1v) is 11.3. The number of hydrogen-bond acceptors (Lipinski definition) is 5. The van der Waals surface area contributed by atoms with Crippen molar-refractivity contribution >= 4 is 35.0 Å². The standard InChI is InChI=1S/C22H31Cl2N3O4/c1-3-31-13-12-26(2)10-5-11-27-15-17(20(28)22(27)30)21(29)25-9-4-6-16-7-8-18(23)19(24)14-16/h7-8,14,28H,3-6,9-13,15H2,1-2H3,(H,25,29). The zero-order chi connectivity index (χ0) is 22.8. The molecule has 0 bridgehead atoms. The van der Waals surface area contributed by atoms with E-state index in [0.717, 1.165) is 31.5 Å². The van der Waals surface area contributed by atoms with Crippen LogP contribution in [0.3, 0.4) is 0 Å². The third kappa shape index (κ3) is 8.00. The van der Waals surface area contributed by atoms with Gasteiger partial charge < -0.3 is 25.0 Å². The number of likely N-dealkylation sites (N-methyl/N-ethyl adjacent to an activating group) is 1. The van der Waals surface area contributed by atoms with E-state index in [9.17, 15) is 14.7 Å². The molecule has 1 aromatic carbocycles. The number of nitrogens with one attached hydrogen (secondary N) is 1. The Kier molecular flexibility index (Phi) is 10.6. The monoisotopic (exact) mass is 471 g/mol.